The Morgan fingerprint density at radius 3 is 2.86 bits per heavy atom. The molecule has 1 amide bonds. The second-order valence-electron chi connectivity index (χ2n) is 6.85. The predicted octanol–water partition coefficient (Wildman–Crippen LogP) is 2.63. The van der Waals surface area contributed by atoms with Crippen LogP contribution in [-0.4, -0.2) is 52.1 Å². The van der Waals surface area contributed by atoms with Gasteiger partial charge < -0.3 is 15.0 Å². The number of aryl methyl sites for hydroxylation is 2. The number of amides is 1. The number of aromatic nitrogens is 4. The third-order valence-electron chi connectivity index (χ3n) is 4.79. The maximum Gasteiger partial charge on any atom is 0.257 e. The Bertz CT molecular complexity index is 1040. The number of ether oxygens (including phenoxy) is 1. The lowest BCUT2D eigenvalue weighted by molar-refractivity contribution is 0.0936. The van der Waals surface area contributed by atoms with E-state index in [1.165, 1.54) is 7.11 Å². The topological polar surface area (TPSA) is 93.1 Å². The van der Waals surface area contributed by atoms with Crippen LogP contribution >= 0.6 is 11.3 Å². The fourth-order valence-corrected chi connectivity index (χ4v) is 4.33. The van der Waals surface area contributed by atoms with Gasteiger partial charge >= 0.3 is 0 Å². The van der Waals surface area contributed by atoms with E-state index in [1.54, 1.807) is 35.9 Å². The first kappa shape index (κ1) is 19.3. The summed E-state index contributed by atoms with van der Waals surface area (Å²) in [6.07, 6.45) is 4.20. The van der Waals surface area contributed by atoms with Gasteiger partial charge in [-0.3, -0.25) is 4.79 Å². The van der Waals surface area contributed by atoms with E-state index in [9.17, 15) is 4.79 Å². The van der Waals surface area contributed by atoms with Crippen molar-refractivity contribution >= 4 is 23.2 Å². The van der Waals surface area contributed by atoms with Crippen LogP contribution in [0, 0.1) is 13.8 Å². The number of nitrogens with one attached hydrogen (secondary N) is 1. The molecule has 1 N–H and O–H groups in total. The highest BCUT2D eigenvalue weighted by molar-refractivity contribution is 7.15. The third-order valence-corrected chi connectivity index (χ3v) is 5.89. The summed E-state index contributed by atoms with van der Waals surface area (Å²) in [7, 11) is 1.51. The zero-order chi connectivity index (χ0) is 20.4. The van der Waals surface area contributed by atoms with Gasteiger partial charge in [0.05, 0.1) is 28.4 Å². The van der Waals surface area contributed by atoms with Gasteiger partial charge in [0.2, 0.25) is 11.8 Å². The summed E-state index contributed by atoms with van der Waals surface area (Å²) < 4.78 is 5.18. The molecule has 29 heavy (non-hydrogen) atoms. The lowest BCUT2D eigenvalue weighted by Crippen LogP contribution is -2.37. The number of rotatable bonds is 5. The second kappa shape index (κ2) is 8.12. The number of pyridine rings is 1. The van der Waals surface area contributed by atoms with E-state index in [4.69, 9.17) is 9.72 Å². The summed E-state index contributed by atoms with van der Waals surface area (Å²) in [5.41, 5.74) is 2.29. The summed E-state index contributed by atoms with van der Waals surface area (Å²) in [5.74, 6) is 0.807. The fourth-order valence-electron chi connectivity index (χ4n) is 3.45. The van der Waals surface area contributed by atoms with Gasteiger partial charge in [-0.1, -0.05) is 0 Å². The molecule has 8 nitrogen and oxygen atoms in total. The lowest BCUT2D eigenvalue weighted by atomic mass is 10.2. The van der Waals surface area contributed by atoms with Gasteiger partial charge in [-0.2, -0.15) is 0 Å². The maximum absolute atomic E-state index is 12.6. The van der Waals surface area contributed by atoms with E-state index >= 15 is 0 Å². The Balaban J connectivity index is 1.46. The van der Waals surface area contributed by atoms with E-state index in [-0.39, 0.29) is 11.9 Å². The SMILES string of the molecule is COc1ncccc1C(=O)NC1CCN(c2nccc(-c3sc(C)nc3C)n2)C1. The number of hydrogen-bond donors (Lipinski definition) is 1. The van der Waals surface area contributed by atoms with Gasteiger partial charge in [-0.15, -0.1) is 11.3 Å². The zero-order valence-electron chi connectivity index (χ0n) is 16.5. The molecule has 0 bridgehead atoms. The molecule has 4 rings (SSSR count). The van der Waals surface area contributed by atoms with Crippen LogP contribution in [0.25, 0.3) is 10.6 Å². The van der Waals surface area contributed by atoms with Crippen LogP contribution in [0.1, 0.15) is 27.5 Å². The van der Waals surface area contributed by atoms with Crippen LogP contribution in [0.2, 0.25) is 0 Å². The molecule has 1 fully saturated rings. The monoisotopic (exact) mass is 410 g/mol. The molecule has 150 valence electrons. The number of hydrogen-bond acceptors (Lipinski definition) is 8. The lowest BCUT2D eigenvalue weighted by Gasteiger charge is -2.17. The van der Waals surface area contributed by atoms with Crippen LogP contribution in [0.3, 0.4) is 0 Å². The average Bonchev–Trinajstić information content (AvgIpc) is 3.33. The van der Waals surface area contributed by atoms with Crippen LogP contribution in [-0.2, 0) is 0 Å². The molecule has 1 aliphatic heterocycles. The molecule has 0 aromatic carbocycles. The van der Waals surface area contributed by atoms with Crippen LogP contribution in [0.5, 0.6) is 5.88 Å². The third kappa shape index (κ3) is 4.04. The van der Waals surface area contributed by atoms with E-state index in [0.717, 1.165) is 34.2 Å². The van der Waals surface area contributed by atoms with Crippen molar-refractivity contribution in [2.45, 2.75) is 26.3 Å². The Morgan fingerprint density at radius 2 is 2.10 bits per heavy atom. The molecule has 3 aromatic rings. The average molecular weight is 411 g/mol. The molecular weight excluding hydrogens is 388 g/mol. The number of nitrogens with zero attached hydrogens (tertiary/aromatic N) is 5. The molecule has 1 atom stereocenters. The fraction of sp³-hybridized carbons (Fsp3) is 0.350. The first-order valence-corrected chi connectivity index (χ1v) is 10.2. The largest absolute Gasteiger partial charge is 0.480 e. The van der Waals surface area contributed by atoms with Gasteiger partial charge in [0.15, 0.2) is 0 Å². The van der Waals surface area contributed by atoms with Crippen LogP contribution in [0.4, 0.5) is 5.95 Å². The van der Waals surface area contributed by atoms with Gasteiger partial charge in [0.1, 0.15) is 5.56 Å². The second-order valence-corrected chi connectivity index (χ2v) is 8.06. The number of carbonyl (C=O) groups is 1. The molecule has 3 aromatic heterocycles. The van der Waals surface area contributed by atoms with Gasteiger partial charge in [-0.05, 0) is 38.5 Å². The first-order valence-electron chi connectivity index (χ1n) is 9.37. The molecule has 1 saturated heterocycles. The summed E-state index contributed by atoms with van der Waals surface area (Å²) >= 11 is 1.63. The molecule has 0 spiro atoms. The molecule has 0 saturated carbocycles. The van der Waals surface area contributed by atoms with E-state index in [2.05, 4.69) is 25.2 Å². The summed E-state index contributed by atoms with van der Waals surface area (Å²) in [4.78, 5) is 33.5. The van der Waals surface area contributed by atoms with Gasteiger partial charge in [0.25, 0.3) is 5.91 Å². The van der Waals surface area contributed by atoms with E-state index < -0.39 is 0 Å². The number of anilines is 1. The molecular formula is C20H22N6O2S. The van der Waals surface area contributed by atoms with Gasteiger partial charge in [0, 0.05) is 31.5 Å². The number of methoxy groups -OCH3 is 1. The van der Waals surface area contributed by atoms with E-state index in [1.807, 2.05) is 19.9 Å². The molecule has 1 unspecified atom stereocenters. The molecule has 9 heteroatoms. The molecule has 0 radical (unpaired) electrons. The highest BCUT2D eigenvalue weighted by Crippen LogP contribution is 2.29. The van der Waals surface area contributed by atoms with Crippen molar-refractivity contribution in [2.75, 3.05) is 25.1 Å². The van der Waals surface area contributed by atoms with Crippen molar-refractivity contribution in [3.8, 4) is 16.5 Å². The van der Waals surface area contributed by atoms with Crippen molar-refractivity contribution in [3.05, 3.63) is 46.9 Å². The Labute approximate surface area is 173 Å². The van der Waals surface area contributed by atoms with Crippen molar-refractivity contribution in [2.24, 2.45) is 0 Å². The number of carbonyl (C=O) groups excluding carboxylic acids is 1. The van der Waals surface area contributed by atoms with Crippen LogP contribution in [0.15, 0.2) is 30.6 Å². The Morgan fingerprint density at radius 1 is 1.24 bits per heavy atom. The Kier molecular flexibility index (Phi) is 5.39. The molecule has 4 heterocycles. The summed E-state index contributed by atoms with van der Waals surface area (Å²) in [6.45, 7) is 5.42. The summed E-state index contributed by atoms with van der Waals surface area (Å²) in [6, 6.07) is 5.35. The highest BCUT2D eigenvalue weighted by Gasteiger charge is 2.27. The molecule has 0 aliphatic carbocycles. The van der Waals surface area contributed by atoms with Crippen molar-refractivity contribution < 1.29 is 9.53 Å². The maximum atomic E-state index is 12.6. The minimum atomic E-state index is -0.188. The van der Waals surface area contributed by atoms with E-state index in [0.29, 0.717) is 23.9 Å². The number of thiazole rings is 1. The Hall–Kier alpha value is -3.07. The predicted molar refractivity (Wildman–Crippen MR) is 111 cm³/mol. The zero-order valence-corrected chi connectivity index (χ0v) is 17.4. The highest BCUT2D eigenvalue weighted by atomic mass is 32.1. The smallest absolute Gasteiger partial charge is 0.257 e. The van der Waals surface area contributed by atoms with Crippen LogP contribution < -0.4 is 15.0 Å². The first-order chi connectivity index (χ1) is 14.0. The quantitative estimate of drug-likeness (QED) is 0.691. The van der Waals surface area contributed by atoms with Crippen molar-refractivity contribution in [3.63, 3.8) is 0 Å². The standard InChI is InChI=1S/C20H22N6O2S/c1-12-17(29-13(2)23-12)16-6-9-22-20(25-16)26-10-7-14(11-26)24-18(27)15-5-4-8-21-19(15)28-3/h4-6,8-9,14H,7,10-11H2,1-3H3,(H,24,27). The summed E-state index contributed by atoms with van der Waals surface area (Å²) in [5, 5.41) is 4.09. The minimum Gasteiger partial charge on any atom is -0.480 e. The molecule has 1 aliphatic rings. The van der Waals surface area contributed by atoms with Crippen molar-refractivity contribution in [1.29, 1.82) is 0 Å². The van der Waals surface area contributed by atoms with Gasteiger partial charge in [-0.25, -0.2) is 19.9 Å². The minimum absolute atomic E-state index is 0.00653. The normalized spacial score (nSPS) is 16.1. The van der Waals surface area contributed by atoms with Crippen molar-refractivity contribution in [1.82, 2.24) is 25.3 Å².